The van der Waals surface area contributed by atoms with Gasteiger partial charge in [0.15, 0.2) is 10.4 Å². The number of aromatic nitrogens is 2. The van der Waals surface area contributed by atoms with Crippen LogP contribution in [0.2, 0.25) is 0 Å². The molecule has 1 aromatic carbocycles. The number of anilines is 1. The second kappa shape index (κ2) is 4.59. The Morgan fingerprint density at radius 2 is 1.89 bits per heavy atom. The maximum Gasteiger partial charge on any atom is 0.169 e. The molecule has 0 saturated heterocycles. The number of furan rings is 1. The van der Waals surface area contributed by atoms with Gasteiger partial charge in [-0.15, -0.1) is 0 Å². The SMILES string of the molecule is Cc1c(-c2ccc(Br)o2)nn(-c2ccccc2)c1N. The number of nitrogen functional groups attached to an aromatic ring is 1. The van der Waals surface area contributed by atoms with Gasteiger partial charge in [-0.1, -0.05) is 18.2 Å². The third kappa shape index (κ3) is 2.06. The minimum absolute atomic E-state index is 0.619. The zero-order valence-corrected chi connectivity index (χ0v) is 11.9. The van der Waals surface area contributed by atoms with E-state index in [4.69, 9.17) is 10.2 Å². The van der Waals surface area contributed by atoms with Gasteiger partial charge in [0.2, 0.25) is 0 Å². The first-order valence-electron chi connectivity index (χ1n) is 5.83. The highest BCUT2D eigenvalue weighted by Crippen LogP contribution is 2.30. The molecule has 0 aliphatic heterocycles. The van der Waals surface area contributed by atoms with E-state index in [1.807, 2.05) is 49.4 Å². The van der Waals surface area contributed by atoms with Gasteiger partial charge < -0.3 is 10.2 Å². The second-order valence-corrected chi connectivity index (χ2v) is 4.99. The minimum atomic E-state index is 0.619. The van der Waals surface area contributed by atoms with Crippen molar-refractivity contribution in [2.45, 2.75) is 6.92 Å². The summed E-state index contributed by atoms with van der Waals surface area (Å²) in [5.74, 6) is 1.32. The molecule has 0 aliphatic carbocycles. The molecule has 0 atom stereocenters. The van der Waals surface area contributed by atoms with Crippen molar-refractivity contribution in [1.29, 1.82) is 0 Å². The average molecular weight is 318 g/mol. The molecule has 0 amide bonds. The van der Waals surface area contributed by atoms with Crippen LogP contribution in [-0.2, 0) is 0 Å². The van der Waals surface area contributed by atoms with Gasteiger partial charge in [0.05, 0.1) is 5.69 Å². The van der Waals surface area contributed by atoms with Crippen LogP contribution in [0.4, 0.5) is 5.82 Å². The summed E-state index contributed by atoms with van der Waals surface area (Å²) in [6, 6.07) is 13.5. The van der Waals surface area contributed by atoms with Crippen molar-refractivity contribution in [3.63, 3.8) is 0 Å². The molecule has 0 saturated carbocycles. The van der Waals surface area contributed by atoms with E-state index in [0.29, 0.717) is 16.2 Å². The molecule has 4 nitrogen and oxygen atoms in total. The topological polar surface area (TPSA) is 57.0 Å². The van der Waals surface area contributed by atoms with Crippen molar-refractivity contribution in [1.82, 2.24) is 9.78 Å². The van der Waals surface area contributed by atoms with Crippen molar-refractivity contribution in [3.8, 4) is 17.1 Å². The van der Waals surface area contributed by atoms with Crippen LogP contribution < -0.4 is 5.73 Å². The largest absolute Gasteiger partial charge is 0.448 e. The lowest BCUT2D eigenvalue weighted by Crippen LogP contribution is -2.01. The maximum atomic E-state index is 6.13. The molecular formula is C14H12BrN3O. The van der Waals surface area contributed by atoms with Crippen LogP contribution in [0.5, 0.6) is 0 Å². The maximum absolute atomic E-state index is 6.13. The minimum Gasteiger partial charge on any atom is -0.448 e. The summed E-state index contributed by atoms with van der Waals surface area (Å²) in [6.45, 7) is 1.94. The number of hydrogen-bond donors (Lipinski definition) is 1. The summed E-state index contributed by atoms with van der Waals surface area (Å²) in [5.41, 5.74) is 8.72. The van der Waals surface area contributed by atoms with E-state index < -0.39 is 0 Å². The Morgan fingerprint density at radius 3 is 2.53 bits per heavy atom. The van der Waals surface area contributed by atoms with Gasteiger partial charge in [0.25, 0.3) is 0 Å². The quantitative estimate of drug-likeness (QED) is 0.782. The second-order valence-electron chi connectivity index (χ2n) is 4.21. The fourth-order valence-corrected chi connectivity index (χ4v) is 2.26. The summed E-state index contributed by atoms with van der Waals surface area (Å²) in [5, 5.41) is 4.54. The molecule has 0 fully saturated rings. The Hall–Kier alpha value is -2.01. The van der Waals surface area contributed by atoms with Crippen molar-refractivity contribution in [2.24, 2.45) is 0 Å². The lowest BCUT2D eigenvalue weighted by Gasteiger charge is -2.02. The third-order valence-electron chi connectivity index (χ3n) is 2.97. The molecule has 19 heavy (non-hydrogen) atoms. The predicted octanol–water partition coefficient (Wildman–Crippen LogP) is 3.79. The zero-order chi connectivity index (χ0) is 13.4. The number of para-hydroxylation sites is 1. The van der Waals surface area contributed by atoms with Crippen LogP contribution in [0.15, 0.2) is 51.6 Å². The molecule has 0 unspecified atom stereocenters. The van der Waals surface area contributed by atoms with E-state index >= 15 is 0 Å². The molecule has 5 heteroatoms. The van der Waals surface area contributed by atoms with Crippen molar-refractivity contribution in [3.05, 3.63) is 52.7 Å². The van der Waals surface area contributed by atoms with Crippen molar-refractivity contribution in [2.75, 3.05) is 5.73 Å². The molecular weight excluding hydrogens is 306 g/mol. The Morgan fingerprint density at radius 1 is 1.16 bits per heavy atom. The van der Waals surface area contributed by atoms with E-state index in [0.717, 1.165) is 16.9 Å². The molecule has 2 aromatic heterocycles. The molecule has 0 aliphatic rings. The first kappa shape index (κ1) is 12.0. The Kier molecular flexibility index (Phi) is 2.91. The standard InChI is InChI=1S/C14H12BrN3O/c1-9-13(11-7-8-12(15)19-11)17-18(14(9)16)10-5-3-2-4-6-10/h2-8H,16H2,1H3. The van der Waals surface area contributed by atoms with Crippen LogP contribution in [-0.4, -0.2) is 9.78 Å². The number of nitrogens with zero attached hydrogens (tertiary/aromatic N) is 2. The Balaban J connectivity index is 2.15. The van der Waals surface area contributed by atoms with E-state index in [1.54, 1.807) is 4.68 Å². The lowest BCUT2D eigenvalue weighted by molar-refractivity contribution is 0.552. The van der Waals surface area contributed by atoms with Gasteiger partial charge in [0, 0.05) is 5.56 Å². The summed E-state index contributed by atoms with van der Waals surface area (Å²) >= 11 is 3.29. The van der Waals surface area contributed by atoms with Crippen LogP contribution in [0.25, 0.3) is 17.1 Å². The fraction of sp³-hybridized carbons (Fsp3) is 0.0714. The van der Waals surface area contributed by atoms with Gasteiger partial charge >= 0.3 is 0 Å². The third-order valence-corrected chi connectivity index (χ3v) is 3.40. The predicted molar refractivity (Wildman–Crippen MR) is 78.1 cm³/mol. The molecule has 0 bridgehead atoms. The summed E-state index contributed by atoms with van der Waals surface area (Å²) in [7, 11) is 0. The van der Waals surface area contributed by atoms with Gasteiger partial charge in [-0.25, -0.2) is 4.68 Å². The number of hydrogen-bond acceptors (Lipinski definition) is 3. The van der Waals surface area contributed by atoms with Crippen LogP contribution in [0.1, 0.15) is 5.56 Å². The highest BCUT2D eigenvalue weighted by Gasteiger charge is 2.16. The van der Waals surface area contributed by atoms with Crippen LogP contribution >= 0.6 is 15.9 Å². The van der Waals surface area contributed by atoms with Gasteiger partial charge in [-0.2, -0.15) is 5.10 Å². The van der Waals surface area contributed by atoms with Crippen molar-refractivity contribution >= 4 is 21.7 Å². The van der Waals surface area contributed by atoms with E-state index in [-0.39, 0.29) is 0 Å². The number of rotatable bonds is 2. The normalized spacial score (nSPS) is 10.8. The highest BCUT2D eigenvalue weighted by atomic mass is 79.9. The molecule has 96 valence electrons. The number of benzene rings is 1. The summed E-state index contributed by atoms with van der Waals surface area (Å²) in [4.78, 5) is 0. The fourth-order valence-electron chi connectivity index (χ4n) is 1.95. The first-order valence-corrected chi connectivity index (χ1v) is 6.62. The molecule has 3 aromatic rings. The van der Waals surface area contributed by atoms with Gasteiger partial charge in [-0.05, 0) is 47.1 Å². The first-order chi connectivity index (χ1) is 9.16. The van der Waals surface area contributed by atoms with E-state index in [9.17, 15) is 0 Å². The van der Waals surface area contributed by atoms with Crippen LogP contribution in [0, 0.1) is 6.92 Å². The van der Waals surface area contributed by atoms with Gasteiger partial charge in [-0.3, -0.25) is 0 Å². The van der Waals surface area contributed by atoms with Crippen molar-refractivity contribution < 1.29 is 4.42 Å². The van der Waals surface area contributed by atoms with Crippen LogP contribution in [0.3, 0.4) is 0 Å². The zero-order valence-electron chi connectivity index (χ0n) is 10.3. The highest BCUT2D eigenvalue weighted by molar-refractivity contribution is 9.10. The number of halogens is 1. The average Bonchev–Trinajstić information content (AvgIpc) is 2.97. The molecule has 0 spiro atoms. The molecule has 0 radical (unpaired) electrons. The molecule has 2 N–H and O–H groups in total. The molecule has 3 rings (SSSR count). The van der Waals surface area contributed by atoms with E-state index in [2.05, 4.69) is 21.0 Å². The Labute approximate surface area is 119 Å². The van der Waals surface area contributed by atoms with Gasteiger partial charge in [0.1, 0.15) is 11.5 Å². The Bertz CT molecular complexity index is 716. The number of nitrogens with two attached hydrogens (primary N) is 1. The van der Waals surface area contributed by atoms with E-state index in [1.165, 1.54) is 0 Å². The monoisotopic (exact) mass is 317 g/mol. The summed E-state index contributed by atoms with van der Waals surface area (Å²) in [6.07, 6.45) is 0. The smallest absolute Gasteiger partial charge is 0.169 e. The lowest BCUT2D eigenvalue weighted by atomic mass is 10.2. The molecule has 2 heterocycles. The summed E-state index contributed by atoms with van der Waals surface area (Å²) < 4.78 is 7.94.